The lowest BCUT2D eigenvalue weighted by Gasteiger charge is -2.42. The number of hydrogen-bond acceptors (Lipinski definition) is 7. The molecule has 32 heavy (non-hydrogen) atoms. The number of halogens is 3. The van der Waals surface area contributed by atoms with Crippen molar-refractivity contribution in [2.45, 2.75) is 25.8 Å². The van der Waals surface area contributed by atoms with Gasteiger partial charge in [0.1, 0.15) is 17.2 Å². The molecule has 0 fully saturated rings. The van der Waals surface area contributed by atoms with E-state index in [0.29, 0.717) is 6.42 Å². The third-order valence-corrected chi connectivity index (χ3v) is 5.68. The van der Waals surface area contributed by atoms with Crippen molar-refractivity contribution in [3.8, 4) is 5.88 Å². The number of methoxy groups -OCH3 is 1. The largest absolute Gasteiger partial charge is 0.479 e. The molecule has 0 unspecified atom stereocenters. The number of nitrogens with zero attached hydrogens (tertiary/aromatic N) is 5. The Hall–Kier alpha value is -3.37. The van der Waals surface area contributed by atoms with Crippen molar-refractivity contribution in [1.29, 1.82) is 0 Å². The maximum Gasteiger partial charge on any atom is 0.255 e. The maximum absolute atomic E-state index is 14.7. The lowest BCUT2D eigenvalue weighted by molar-refractivity contribution is -0.133. The van der Waals surface area contributed by atoms with Gasteiger partial charge in [0.2, 0.25) is 17.7 Å². The van der Waals surface area contributed by atoms with Crippen LogP contribution >= 0.6 is 0 Å². The van der Waals surface area contributed by atoms with Gasteiger partial charge >= 0.3 is 0 Å². The molecular weight excluding hydrogens is 425 g/mol. The summed E-state index contributed by atoms with van der Waals surface area (Å²) in [4.78, 5) is 28.6. The second kappa shape index (κ2) is 8.64. The first-order valence-electron chi connectivity index (χ1n) is 9.93. The fourth-order valence-corrected chi connectivity index (χ4v) is 3.74. The van der Waals surface area contributed by atoms with Crippen LogP contribution in [0.4, 0.5) is 19.1 Å². The summed E-state index contributed by atoms with van der Waals surface area (Å²) in [6.07, 6.45) is 0.302. The number of aryl methyl sites for hydroxylation is 1. The lowest BCUT2D eigenvalue weighted by Crippen LogP contribution is -2.56. The van der Waals surface area contributed by atoms with Crippen LogP contribution in [0.2, 0.25) is 0 Å². The number of carbonyl (C=O) groups excluding carboxylic acids is 1. The third kappa shape index (κ3) is 3.94. The second-order valence-corrected chi connectivity index (χ2v) is 7.72. The van der Waals surface area contributed by atoms with E-state index in [0.717, 1.165) is 12.1 Å². The summed E-state index contributed by atoms with van der Waals surface area (Å²) in [5.74, 6) is -3.79. The minimum atomic E-state index is -1.43. The van der Waals surface area contributed by atoms with Crippen molar-refractivity contribution < 1.29 is 22.7 Å². The summed E-state index contributed by atoms with van der Waals surface area (Å²) in [5.41, 5.74) is 4.66. The van der Waals surface area contributed by atoms with Crippen LogP contribution in [0.5, 0.6) is 5.88 Å². The standard InChI is InChI=1S/C21H25F3N6O2/c1-6-15-16(24)17(32-5)27-20(26-15)29(3)10-13-18(31)30(4)19(25)28-21(13,2)12-8-7-11(22)9-14(12)23/h7-9,13H,6,10H2,1-5H3,(H2,25,28)/t13-,21+/m0/s1. The number of amides is 1. The van der Waals surface area contributed by atoms with Crippen molar-refractivity contribution in [3.63, 3.8) is 0 Å². The average molecular weight is 450 g/mol. The molecule has 0 aliphatic carbocycles. The normalized spacial score (nSPS) is 20.9. The molecule has 8 nitrogen and oxygen atoms in total. The van der Waals surface area contributed by atoms with Crippen LogP contribution in [0, 0.1) is 23.4 Å². The zero-order chi connectivity index (χ0) is 23.8. The van der Waals surface area contributed by atoms with Crippen LogP contribution < -0.4 is 15.4 Å². The number of guanidine groups is 1. The topological polar surface area (TPSA) is 96.9 Å². The highest BCUT2D eigenvalue weighted by atomic mass is 19.1. The van der Waals surface area contributed by atoms with Gasteiger partial charge in [-0.05, 0) is 19.4 Å². The Labute approximate surface area is 183 Å². The van der Waals surface area contributed by atoms with E-state index in [1.54, 1.807) is 20.9 Å². The van der Waals surface area contributed by atoms with E-state index in [2.05, 4.69) is 15.0 Å². The number of ether oxygens (including phenoxy) is 1. The average Bonchev–Trinajstić information content (AvgIpc) is 2.75. The highest BCUT2D eigenvalue weighted by Crippen LogP contribution is 2.40. The monoisotopic (exact) mass is 450 g/mol. The fourth-order valence-electron chi connectivity index (χ4n) is 3.74. The minimum absolute atomic E-state index is 0.00872. The van der Waals surface area contributed by atoms with Crippen LogP contribution in [-0.2, 0) is 16.8 Å². The van der Waals surface area contributed by atoms with Gasteiger partial charge in [-0.3, -0.25) is 9.69 Å². The molecule has 0 saturated carbocycles. The Bertz CT molecular complexity index is 1050. The molecule has 0 saturated heterocycles. The van der Waals surface area contributed by atoms with Crippen molar-refractivity contribution in [3.05, 3.63) is 46.9 Å². The predicted molar refractivity (Wildman–Crippen MR) is 113 cm³/mol. The number of nitrogens with two attached hydrogens (primary N) is 1. The summed E-state index contributed by atoms with van der Waals surface area (Å²) < 4.78 is 47.6. The van der Waals surface area contributed by atoms with Crippen LogP contribution in [0.25, 0.3) is 0 Å². The van der Waals surface area contributed by atoms with Gasteiger partial charge in [-0.1, -0.05) is 13.0 Å². The zero-order valence-electron chi connectivity index (χ0n) is 18.5. The second-order valence-electron chi connectivity index (χ2n) is 7.72. The number of carbonyl (C=O) groups is 1. The smallest absolute Gasteiger partial charge is 0.255 e. The summed E-state index contributed by atoms with van der Waals surface area (Å²) >= 11 is 0. The van der Waals surface area contributed by atoms with Gasteiger partial charge in [-0.25, -0.2) is 18.8 Å². The number of rotatable bonds is 6. The van der Waals surface area contributed by atoms with Crippen molar-refractivity contribution in [2.24, 2.45) is 16.6 Å². The fraction of sp³-hybridized carbons (Fsp3) is 0.429. The van der Waals surface area contributed by atoms with E-state index < -0.39 is 34.8 Å². The number of aromatic nitrogens is 2. The molecule has 172 valence electrons. The Balaban J connectivity index is 2.07. The van der Waals surface area contributed by atoms with Gasteiger partial charge in [0.25, 0.3) is 5.88 Å². The minimum Gasteiger partial charge on any atom is -0.479 e. The molecule has 0 radical (unpaired) electrons. The first kappa shape index (κ1) is 23.3. The van der Waals surface area contributed by atoms with Gasteiger partial charge in [-0.15, -0.1) is 0 Å². The Morgan fingerprint density at radius 1 is 1.28 bits per heavy atom. The summed E-state index contributed by atoms with van der Waals surface area (Å²) in [6, 6.07) is 3.08. The molecule has 2 aromatic rings. The number of hydrogen-bond donors (Lipinski definition) is 1. The zero-order valence-corrected chi connectivity index (χ0v) is 18.5. The van der Waals surface area contributed by atoms with E-state index in [-0.39, 0.29) is 35.6 Å². The molecule has 11 heteroatoms. The lowest BCUT2D eigenvalue weighted by atomic mass is 9.77. The van der Waals surface area contributed by atoms with E-state index in [4.69, 9.17) is 10.5 Å². The van der Waals surface area contributed by atoms with Gasteiger partial charge in [0.15, 0.2) is 5.96 Å². The maximum atomic E-state index is 14.7. The predicted octanol–water partition coefficient (Wildman–Crippen LogP) is 2.22. The molecule has 1 amide bonds. The molecular formula is C21H25F3N6O2. The molecule has 1 aliphatic heterocycles. The first-order chi connectivity index (χ1) is 15.0. The van der Waals surface area contributed by atoms with Gasteiger partial charge < -0.3 is 15.4 Å². The van der Waals surface area contributed by atoms with Crippen molar-refractivity contribution >= 4 is 17.8 Å². The Kier molecular flexibility index (Phi) is 6.29. The third-order valence-electron chi connectivity index (χ3n) is 5.68. The molecule has 0 spiro atoms. The first-order valence-corrected chi connectivity index (χ1v) is 9.93. The molecule has 2 atom stereocenters. The highest BCUT2D eigenvalue weighted by molar-refractivity contribution is 6.00. The SMILES string of the molecule is CCc1nc(N(C)C[C@H]2C(=O)N(C)C(N)=N[C@]2(C)c2ccc(F)cc2F)nc(OC)c1F. The van der Waals surface area contributed by atoms with Crippen LogP contribution in [0.15, 0.2) is 23.2 Å². The van der Waals surface area contributed by atoms with E-state index in [9.17, 15) is 18.0 Å². The molecule has 2 N–H and O–H groups in total. The summed E-state index contributed by atoms with van der Waals surface area (Å²) in [7, 11) is 4.37. The molecule has 1 aliphatic rings. The molecule has 0 bridgehead atoms. The molecule has 1 aromatic heterocycles. The summed E-state index contributed by atoms with van der Waals surface area (Å²) in [6.45, 7) is 3.29. The summed E-state index contributed by atoms with van der Waals surface area (Å²) in [5, 5.41) is 0. The van der Waals surface area contributed by atoms with Crippen molar-refractivity contribution in [2.75, 3.05) is 32.6 Å². The van der Waals surface area contributed by atoms with Gasteiger partial charge in [0.05, 0.1) is 18.7 Å². The van der Waals surface area contributed by atoms with Gasteiger partial charge in [-0.2, -0.15) is 9.37 Å². The Morgan fingerprint density at radius 2 is 1.97 bits per heavy atom. The number of anilines is 1. The highest BCUT2D eigenvalue weighted by Gasteiger charge is 2.48. The molecule has 3 rings (SSSR count). The van der Waals surface area contributed by atoms with Crippen molar-refractivity contribution in [1.82, 2.24) is 14.9 Å². The van der Waals surface area contributed by atoms with E-state index >= 15 is 0 Å². The van der Waals surface area contributed by atoms with Gasteiger partial charge in [0, 0.05) is 32.3 Å². The van der Waals surface area contributed by atoms with Crippen LogP contribution in [0.1, 0.15) is 25.1 Å². The Morgan fingerprint density at radius 3 is 2.56 bits per heavy atom. The number of benzene rings is 1. The van der Waals surface area contributed by atoms with Crippen LogP contribution in [-0.4, -0.2) is 54.5 Å². The number of aliphatic imine (C=N–C) groups is 1. The molecule has 2 heterocycles. The van der Waals surface area contributed by atoms with E-state index in [1.807, 2.05) is 0 Å². The van der Waals surface area contributed by atoms with Crippen LogP contribution in [0.3, 0.4) is 0 Å². The molecule has 1 aromatic carbocycles. The van der Waals surface area contributed by atoms with E-state index in [1.165, 1.54) is 30.0 Å². The quantitative estimate of drug-likeness (QED) is 0.725.